The summed E-state index contributed by atoms with van der Waals surface area (Å²) in [6.45, 7) is 4.98. The monoisotopic (exact) mass is 391 g/mol. The Morgan fingerprint density at radius 1 is 1.36 bits per heavy atom. The number of carbonyl (C=O) groups excluding carboxylic acids is 2. The van der Waals surface area contributed by atoms with Crippen LogP contribution in [0.3, 0.4) is 0 Å². The topological polar surface area (TPSA) is 126 Å². The standard InChI is InChI=1S/C19H25N3O6/c1-19(2,3)28-18(24)22-13(17(23)25-4)9-26-14-8-12-15(7-11(14)20)27-16(21-12)10-5-6-10/h7-8,10,13H,5-6,9,20H2,1-4H3,(H,22,24)/t13-/m0/s1. The van der Waals surface area contributed by atoms with Gasteiger partial charge in [-0.05, 0) is 33.6 Å². The highest BCUT2D eigenvalue weighted by atomic mass is 16.6. The zero-order chi connectivity index (χ0) is 20.5. The van der Waals surface area contributed by atoms with E-state index in [4.69, 9.17) is 24.4 Å². The summed E-state index contributed by atoms with van der Waals surface area (Å²) < 4.78 is 21.3. The van der Waals surface area contributed by atoms with Gasteiger partial charge in [0.25, 0.3) is 0 Å². The smallest absolute Gasteiger partial charge is 0.408 e. The summed E-state index contributed by atoms with van der Waals surface area (Å²) >= 11 is 0. The Bertz CT molecular complexity index is 882. The second kappa shape index (κ2) is 7.57. The molecular formula is C19H25N3O6. The maximum Gasteiger partial charge on any atom is 0.408 e. The number of ether oxygens (including phenoxy) is 3. The van der Waals surface area contributed by atoms with E-state index in [1.807, 2.05) is 0 Å². The molecule has 28 heavy (non-hydrogen) atoms. The number of fused-ring (bicyclic) bond motifs is 1. The third-order valence-electron chi connectivity index (χ3n) is 4.05. The summed E-state index contributed by atoms with van der Waals surface area (Å²) in [5, 5.41) is 2.44. The van der Waals surface area contributed by atoms with Crippen molar-refractivity contribution in [1.29, 1.82) is 0 Å². The normalized spacial score (nSPS) is 15.1. The van der Waals surface area contributed by atoms with Gasteiger partial charge in [-0.25, -0.2) is 14.6 Å². The lowest BCUT2D eigenvalue weighted by molar-refractivity contribution is -0.143. The highest BCUT2D eigenvalue weighted by molar-refractivity contribution is 5.82. The highest BCUT2D eigenvalue weighted by Gasteiger charge is 2.29. The van der Waals surface area contributed by atoms with E-state index in [-0.39, 0.29) is 6.61 Å². The fraction of sp³-hybridized carbons (Fsp3) is 0.526. The quantitative estimate of drug-likeness (QED) is 0.569. The van der Waals surface area contributed by atoms with Gasteiger partial charge < -0.3 is 29.7 Å². The van der Waals surface area contributed by atoms with Crippen LogP contribution < -0.4 is 15.8 Å². The number of nitrogens with two attached hydrogens (primary N) is 1. The average Bonchev–Trinajstić information content (AvgIpc) is 3.37. The number of alkyl carbamates (subject to hydrolysis) is 1. The van der Waals surface area contributed by atoms with Crippen LogP contribution in [0.5, 0.6) is 5.75 Å². The molecule has 0 spiro atoms. The lowest BCUT2D eigenvalue weighted by Crippen LogP contribution is -2.47. The number of carbonyl (C=O) groups is 2. The van der Waals surface area contributed by atoms with E-state index in [2.05, 4.69) is 10.3 Å². The molecule has 1 fully saturated rings. The molecule has 0 radical (unpaired) electrons. The van der Waals surface area contributed by atoms with Crippen LogP contribution in [0.1, 0.15) is 45.4 Å². The second-order valence-electron chi connectivity index (χ2n) is 7.72. The van der Waals surface area contributed by atoms with Crippen molar-refractivity contribution in [3.63, 3.8) is 0 Å². The number of nitrogen functional groups attached to an aromatic ring is 1. The maximum atomic E-state index is 12.0. The summed E-state index contributed by atoms with van der Waals surface area (Å²) in [6, 6.07) is 2.23. The van der Waals surface area contributed by atoms with Crippen molar-refractivity contribution in [2.75, 3.05) is 19.5 Å². The number of aromatic nitrogens is 1. The molecule has 1 atom stereocenters. The molecule has 0 aliphatic heterocycles. The van der Waals surface area contributed by atoms with Crippen molar-refractivity contribution >= 4 is 28.8 Å². The van der Waals surface area contributed by atoms with Gasteiger partial charge in [0.2, 0.25) is 0 Å². The van der Waals surface area contributed by atoms with Gasteiger partial charge in [-0.1, -0.05) is 0 Å². The number of methoxy groups -OCH3 is 1. The lowest BCUT2D eigenvalue weighted by Gasteiger charge is -2.22. The SMILES string of the molecule is COC(=O)[C@H](COc1cc2nc(C3CC3)oc2cc1N)NC(=O)OC(C)(C)C. The molecule has 1 saturated carbocycles. The Balaban J connectivity index is 1.70. The van der Waals surface area contributed by atoms with Crippen molar-refractivity contribution < 1.29 is 28.2 Å². The number of hydrogen-bond donors (Lipinski definition) is 2. The molecule has 1 heterocycles. The zero-order valence-corrected chi connectivity index (χ0v) is 16.4. The van der Waals surface area contributed by atoms with Crippen LogP contribution >= 0.6 is 0 Å². The largest absolute Gasteiger partial charge is 0.489 e. The zero-order valence-electron chi connectivity index (χ0n) is 16.4. The molecule has 9 heteroatoms. The third kappa shape index (κ3) is 4.85. The van der Waals surface area contributed by atoms with Crippen molar-refractivity contribution in [3.8, 4) is 5.75 Å². The number of benzene rings is 1. The predicted octanol–water partition coefficient (Wildman–Crippen LogP) is 2.73. The average molecular weight is 391 g/mol. The number of anilines is 1. The van der Waals surface area contributed by atoms with E-state index in [0.29, 0.717) is 34.3 Å². The minimum Gasteiger partial charge on any atom is -0.489 e. The van der Waals surface area contributed by atoms with Crippen molar-refractivity contribution in [2.24, 2.45) is 0 Å². The van der Waals surface area contributed by atoms with Crippen molar-refractivity contribution in [1.82, 2.24) is 10.3 Å². The minimum absolute atomic E-state index is 0.186. The number of amides is 1. The number of rotatable bonds is 6. The number of nitrogens with zero attached hydrogens (tertiary/aromatic N) is 1. The molecule has 1 aliphatic rings. The first-order valence-corrected chi connectivity index (χ1v) is 9.06. The van der Waals surface area contributed by atoms with Crippen LogP contribution in [0, 0.1) is 0 Å². The van der Waals surface area contributed by atoms with E-state index in [1.54, 1.807) is 32.9 Å². The fourth-order valence-electron chi connectivity index (χ4n) is 2.55. The Hall–Kier alpha value is -2.97. The van der Waals surface area contributed by atoms with Gasteiger partial charge in [0.05, 0.1) is 12.8 Å². The Labute approximate surface area is 162 Å². The molecule has 9 nitrogen and oxygen atoms in total. The van der Waals surface area contributed by atoms with Gasteiger partial charge in [-0.15, -0.1) is 0 Å². The number of hydrogen-bond acceptors (Lipinski definition) is 8. The molecule has 3 rings (SSSR count). The first kappa shape index (κ1) is 19.8. The molecule has 0 unspecified atom stereocenters. The van der Waals surface area contributed by atoms with Crippen molar-refractivity contribution in [3.05, 3.63) is 18.0 Å². The van der Waals surface area contributed by atoms with Crippen LogP contribution in [0.15, 0.2) is 16.5 Å². The van der Waals surface area contributed by atoms with Crippen molar-refractivity contribution in [2.45, 2.75) is 51.2 Å². The van der Waals surface area contributed by atoms with Gasteiger partial charge in [-0.2, -0.15) is 0 Å². The lowest BCUT2D eigenvalue weighted by atomic mass is 10.2. The van der Waals surface area contributed by atoms with Gasteiger partial charge >= 0.3 is 12.1 Å². The third-order valence-corrected chi connectivity index (χ3v) is 4.05. The molecule has 152 valence electrons. The molecule has 0 saturated heterocycles. The summed E-state index contributed by atoms with van der Waals surface area (Å²) in [7, 11) is 1.22. The Kier molecular flexibility index (Phi) is 5.35. The highest BCUT2D eigenvalue weighted by Crippen LogP contribution is 2.41. The van der Waals surface area contributed by atoms with Gasteiger partial charge in [0.15, 0.2) is 17.5 Å². The van der Waals surface area contributed by atoms with Gasteiger partial charge in [-0.3, -0.25) is 0 Å². The van der Waals surface area contributed by atoms with E-state index in [0.717, 1.165) is 12.8 Å². The second-order valence-corrected chi connectivity index (χ2v) is 7.72. The molecule has 1 aromatic carbocycles. The summed E-state index contributed by atoms with van der Waals surface area (Å²) in [6.07, 6.45) is 1.39. The molecule has 1 aliphatic carbocycles. The predicted molar refractivity (Wildman–Crippen MR) is 101 cm³/mol. The fourth-order valence-corrected chi connectivity index (χ4v) is 2.55. The number of esters is 1. The van der Waals surface area contributed by atoms with Crippen LogP contribution in [-0.2, 0) is 14.3 Å². The molecular weight excluding hydrogens is 366 g/mol. The van der Waals surface area contributed by atoms with Crippen LogP contribution in [0.25, 0.3) is 11.1 Å². The minimum atomic E-state index is -1.06. The van der Waals surface area contributed by atoms with Crippen LogP contribution in [0.4, 0.5) is 10.5 Å². The molecule has 2 aromatic rings. The van der Waals surface area contributed by atoms with Crippen LogP contribution in [0.2, 0.25) is 0 Å². The molecule has 3 N–H and O–H groups in total. The van der Waals surface area contributed by atoms with Crippen LogP contribution in [-0.4, -0.2) is 42.4 Å². The van der Waals surface area contributed by atoms with E-state index < -0.39 is 23.7 Å². The maximum absolute atomic E-state index is 12.0. The first-order valence-electron chi connectivity index (χ1n) is 9.06. The van der Waals surface area contributed by atoms with E-state index >= 15 is 0 Å². The Morgan fingerprint density at radius 2 is 2.07 bits per heavy atom. The Morgan fingerprint density at radius 3 is 2.68 bits per heavy atom. The van der Waals surface area contributed by atoms with Gasteiger partial charge in [0.1, 0.15) is 23.5 Å². The molecule has 1 aromatic heterocycles. The summed E-state index contributed by atoms with van der Waals surface area (Å²) in [5.41, 5.74) is 6.88. The number of nitrogens with one attached hydrogen (secondary N) is 1. The first-order chi connectivity index (χ1) is 13.2. The summed E-state index contributed by atoms with van der Waals surface area (Å²) in [4.78, 5) is 28.4. The summed E-state index contributed by atoms with van der Waals surface area (Å²) in [5.74, 6) is 0.747. The van der Waals surface area contributed by atoms with E-state index in [9.17, 15) is 9.59 Å². The number of oxazole rings is 1. The molecule has 1 amide bonds. The molecule has 0 bridgehead atoms. The van der Waals surface area contributed by atoms with E-state index in [1.165, 1.54) is 7.11 Å². The van der Waals surface area contributed by atoms with Gasteiger partial charge in [0, 0.05) is 18.1 Å².